The first-order valence-electron chi connectivity index (χ1n) is 6.08. The number of nitrogens with one attached hydrogen (secondary N) is 1. The van der Waals surface area contributed by atoms with Crippen molar-refractivity contribution in [2.45, 2.75) is 0 Å². The van der Waals surface area contributed by atoms with Gasteiger partial charge in [0.15, 0.2) is 0 Å². The number of pyridine rings is 1. The lowest BCUT2D eigenvalue weighted by Gasteiger charge is -2.17. The van der Waals surface area contributed by atoms with Crippen LogP contribution in [0.4, 0.5) is 5.82 Å². The average Bonchev–Trinajstić information content (AvgIpc) is 2.49. The summed E-state index contributed by atoms with van der Waals surface area (Å²) in [6, 6.07) is 11.2. The van der Waals surface area contributed by atoms with Crippen LogP contribution in [0.3, 0.4) is 0 Å². The molecular weight excluding hydrogens is 320 g/mol. The number of hydrogen-bond donors (Lipinski definition) is 1. The zero-order chi connectivity index (χ0) is 13.9. The minimum atomic E-state index is -0.200. The van der Waals surface area contributed by atoms with E-state index in [9.17, 15) is 4.79 Å². The highest BCUT2D eigenvalue weighted by molar-refractivity contribution is 9.10. The average molecular weight is 331 g/mol. The van der Waals surface area contributed by atoms with E-state index in [-0.39, 0.29) is 12.5 Å². The van der Waals surface area contributed by atoms with Crippen molar-refractivity contribution in [2.24, 2.45) is 0 Å². The third-order valence-corrected chi connectivity index (χ3v) is 3.36. The Morgan fingerprint density at radius 3 is 2.90 bits per heavy atom. The summed E-state index contributed by atoms with van der Waals surface area (Å²) in [6.45, 7) is 0.263. The van der Waals surface area contributed by atoms with Gasteiger partial charge in [-0.15, -0.1) is 0 Å². The number of para-hydroxylation sites is 1. The molecule has 0 radical (unpaired) electrons. The number of amides is 1. The van der Waals surface area contributed by atoms with Crippen molar-refractivity contribution < 1.29 is 9.53 Å². The lowest BCUT2D eigenvalue weighted by atomic mass is 10.1. The molecule has 2 aromatic rings. The van der Waals surface area contributed by atoms with Gasteiger partial charge >= 0.3 is 0 Å². The number of ether oxygens (including phenoxy) is 1. The summed E-state index contributed by atoms with van der Waals surface area (Å²) in [5.41, 5.74) is 1.49. The molecule has 4 nitrogen and oxygen atoms in total. The van der Waals surface area contributed by atoms with Crippen molar-refractivity contribution in [3.05, 3.63) is 58.2 Å². The third kappa shape index (κ3) is 2.72. The minimum Gasteiger partial charge on any atom is -0.488 e. The van der Waals surface area contributed by atoms with E-state index in [0.29, 0.717) is 11.4 Å². The summed E-state index contributed by atoms with van der Waals surface area (Å²) >= 11 is 3.30. The first-order valence-corrected chi connectivity index (χ1v) is 6.87. The first kappa shape index (κ1) is 12.9. The van der Waals surface area contributed by atoms with E-state index in [1.54, 1.807) is 12.3 Å². The van der Waals surface area contributed by atoms with Crippen LogP contribution in [0.1, 0.15) is 5.56 Å². The molecule has 2 heterocycles. The van der Waals surface area contributed by atoms with Gasteiger partial charge in [0.2, 0.25) is 0 Å². The van der Waals surface area contributed by atoms with E-state index in [1.807, 2.05) is 36.4 Å². The monoisotopic (exact) mass is 330 g/mol. The molecule has 0 aliphatic carbocycles. The molecule has 0 saturated heterocycles. The molecule has 1 aromatic carbocycles. The molecule has 1 amide bonds. The van der Waals surface area contributed by atoms with Crippen LogP contribution >= 0.6 is 15.9 Å². The van der Waals surface area contributed by atoms with Crippen molar-refractivity contribution in [3.8, 4) is 5.75 Å². The second-order valence-electron chi connectivity index (χ2n) is 4.31. The summed E-state index contributed by atoms with van der Waals surface area (Å²) in [5, 5.41) is 2.75. The van der Waals surface area contributed by atoms with Gasteiger partial charge in [0.05, 0.1) is 5.57 Å². The molecule has 5 heteroatoms. The van der Waals surface area contributed by atoms with Gasteiger partial charge in [0.1, 0.15) is 18.2 Å². The van der Waals surface area contributed by atoms with Gasteiger partial charge in [-0.3, -0.25) is 4.79 Å². The van der Waals surface area contributed by atoms with Crippen molar-refractivity contribution in [2.75, 3.05) is 11.9 Å². The highest BCUT2D eigenvalue weighted by atomic mass is 79.9. The lowest BCUT2D eigenvalue weighted by Crippen LogP contribution is -2.21. The molecule has 1 N–H and O–H groups in total. The highest BCUT2D eigenvalue weighted by Crippen LogP contribution is 2.26. The number of nitrogens with zero attached hydrogens (tertiary/aromatic N) is 1. The molecule has 0 bridgehead atoms. The van der Waals surface area contributed by atoms with Gasteiger partial charge in [-0.1, -0.05) is 18.2 Å². The Kier molecular flexibility index (Phi) is 3.52. The fourth-order valence-corrected chi connectivity index (χ4v) is 2.13. The number of carbonyl (C=O) groups is 1. The number of carbonyl (C=O) groups excluding carboxylic acids is 1. The molecule has 0 atom stereocenters. The van der Waals surface area contributed by atoms with Crippen LogP contribution in [0.2, 0.25) is 0 Å². The Morgan fingerprint density at radius 1 is 1.25 bits per heavy atom. The Balaban J connectivity index is 1.78. The maximum Gasteiger partial charge on any atom is 0.256 e. The fraction of sp³-hybridized carbons (Fsp3) is 0.0667. The van der Waals surface area contributed by atoms with E-state index in [0.717, 1.165) is 15.8 Å². The van der Waals surface area contributed by atoms with Gasteiger partial charge in [-0.25, -0.2) is 4.98 Å². The third-order valence-electron chi connectivity index (χ3n) is 2.89. The van der Waals surface area contributed by atoms with Crippen LogP contribution < -0.4 is 10.1 Å². The predicted molar refractivity (Wildman–Crippen MR) is 80.5 cm³/mol. The van der Waals surface area contributed by atoms with Gasteiger partial charge < -0.3 is 10.1 Å². The molecule has 1 aliphatic heterocycles. The summed E-state index contributed by atoms with van der Waals surface area (Å²) in [7, 11) is 0. The first-order chi connectivity index (χ1) is 9.72. The highest BCUT2D eigenvalue weighted by Gasteiger charge is 2.17. The van der Waals surface area contributed by atoms with Crippen molar-refractivity contribution in [1.82, 2.24) is 4.98 Å². The van der Waals surface area contributed by atoms with Gasteiger partial charge in [0, 0.05) is 16.2 Å². The Morgan fingerprint density at radius 2 is 2.10 bits per heavy atom. The zero-order valence-corrected chi connectivity index (χ0v) is 12.1. The number of halogens is 1. The molecule has 100 valence electrons. The number of rotatable bonds is 2. The van der Waals surface area contributed by atoms with Crippen LogP contribution in [-0.4, -0.2) is 17.5 Å². The van der Waals surface area contributed by atoms with E-state index >= 15 is 0 Å². The second kappa shape index (κ2) is 5.46. The molecule has 0 saturated carbocycles. The Bertz CT molecular complexity index is 681. The SMILES string of the molecule is O=C(Nc1ccc(Br)cn1)C1=Cc2ccccc2OC1. The maximum atomic E-state index is 12.2. The van der Waals surface area contributed by atoms with Crippen LogP contribution in [0.5, 0.6) is 5.75 Å². The number of hydrogen-bond acceptors (Lipinski definition) is 3. The van der Waals surface area contributed by atoms with E-state index < -0.39 is 0 Å². The minimum absolute atomic E-state index is 0.200. The van der Waals surface area contributed by atoms with Crippen LogP contribution in [0.15, 0.2) is 52.6 Å². The number of anilines is 1. The Hall–Kier alpha value is -2.14. The summed E-state index contributed by atoms with van der Waals surface area (Å²) in [6.07, 6.45) is 3.48. The molecule has 0 unspecified atom stereocenters. The topological polar surface area (TPSA) is 51.2 Å². The largest absolute Gasteiger partial charge is 0.488 e. The number of fused-ring (bicyclic) bond motifs is 1. The van der Waals surface area contributed by atoms with Crippen LogP contribution in [0, 0.1) is 0 Å². The zero-order valence-electron chi connectivity index (χ0n) is 10.5. The fourth-order valence-electron chi connectivity index (χ4n) is 1.89. The van der Waals surface area contributed by atoms with E-state index in [1.165, 1.54) is 0 Å². The van der Waals surface area contributed by atoms with Crippen molar-refractivity contribution in [3.63, 3.8) is 0 Å². The molecular formula is C15H11BrN2O2. The standard InChI is InChI=1S/C15H11BrN2O2/c16-12-5-6-14(17-8-12)18-15(19)11-7-10-3-1-2-4-13(10)20-9-11/h1-8H,9H2,(H,17,18,19). The van der Waals surface area contributed by atoms with Gasteiger partial charge in [0.25, 0.3) is 5.91 Å². The van der Waals surface area contributed by atoms with Crippen LogP contribution in [-0.2, 0) is 4.79 Å². The quantitative estimate of drug-likeness (QED) is 0.919. The normalized spacial score (nSPS) is 12.9. The van der Waals surface area contributed by atoms with Crippen LogP contribution in [0.25, 0.3) is 6.08 Å². The second-order valence-corrected chi connectivity index (χ2v) is 5.23. The predicted octanol–water partition coefficient (Wildman–Crippen LogP) is 3.26. The smallest absolute Gasteiger partial charge is 0.256 e. The molecule has 1 aromatic heterocycles. The maximum absolute atomic E-state index is 12.2. The number of aromatic nitrogens is 1. The van der Waals surface area contributed by atoms with Gasteiger partial charge in [-0.2, -0.15) is 0 Å². The molecule has 20 heavy (non-hydrogen) atoms. The summed E-state index contributed by atoms with van der Waals surface area (Å²) in [4.78, 5) is 16.3. The summed E-state index contributed by atoms with van der Waals surface area (Å²) in [5.74, 6) is 1.11. The van der Waals surface area contributed by atoms with Gasteiger partial charge in [-0.05, 0) is 40.2 Å². The number of benzene rings is 1. The van der Waals surface area contributed by atoms with E-state index in [4.69, 9.17) is 4.74 Å². The Labute approximate surface area is 124 Å². The molecule has 0 spiro atoms. The summed E-state index contributed by atoms with van der Waals surface area (Å²) < 4.78 is 6.42. The van der Waals surface area contributed by atoms with Crippen molar-refractivity contribution in [1.29, 1.82) is 0 Å². The van der Waals surface area contributed by atoms with Crippen molar-refractivity contribution >= 4 is 33.7 Å². The molecule has 1 aliphatic rings. The lowest BCUT2D eigenvalue weighted by molar-refractivity contribution is -0.113. The molecule has 0 fully saturated rings. The molecule has 3 rings (SSSR count). The van der Waals surface area contributed by atoms with E-state index in [2.05, 4.69) is 26.2 Å².